The van der Waals surface area contributed by atoms with Crippen LogP contribution >= 0.6 is 0 Å². The summed E-state index contributed by atoms with van der Waals surface area (Å²) in [4.78, 5) is 4.40. The van der Waals surface area contributed by atoms with Crippen LogP contribution in [0.15, 0.2) is 35.3 Å². The SMILES string of the molecule is CC(C)=NC[SiH2]c1ccccc1. The van der Waals surface area contributed by atoms with Gasteiger partial charge in [0.2, 0.25) is 0 Å². The van der Waals surface area contributed by atoms with E-state index in [-0.39, 0.29) is 9.52 Å². The number of nitrogens with zero attached hydrogens (tertiary/aromatic N) is 1. The molecule has 0 saturated heterocycles. The molecule has 0 fully saturated rings. The number of rotatable bonds is 3. The van der Waals surface area contributed by atoms with Crippen molar-refractivity contribution in [2.24, 2.45) is 4.99 Å². The summed E-state index contributed by atoms with van der Waals surface area (Å²) in [7, 11) is -0.142. The third-order valence-corrected chi connectivity index (χ3v) is 3.17. The molecule has 0 saturated carbocycles. The first-order valence-electron chi connectivity index (χ1n) is 4.30. The molecule has 1 aromatic carbocycles. The minimum Gasteiger partial charge on any atom is -0.298 e. The Balaban J connectivity index is 2.39. The van der Waals surface area contributed by atoms with Crippen molar-refractivity contribution in [3.8, 4) is 0 Å². The van der Waals surface area contributed by atoms with Gasteiger partial charge in [0, 0.05) is 11.9 Å². The molecule has 0 atom stereocenters. The maximum absolute atomic E-state index is 4.40. The molecule has 1 aromatic rings. The Kier molecular flexibility index (Phi) is 3.74. The van der Waals surface area contributed by atoms with Crippen molar-refractivity contribution in [2.75, 3.05) is 6.17 Å². The maximum atomic E-state index is 4.40. The summed E-state index contributed by atoms with van der Waals surface area (Å²) in [5.74, 6) is 0. The van der Waals surface area contributed by atoms with E-state index < -0.39 is 0 Å². The number of hydrogen-bond donors (Lipinski definition) is 0. The van der Waals surface area contributed by atoms with Crippen LogP contribution in [-0.4, -0.2) is 21.4 Å². The third-order valence-electron chi connectivity index (χ3n) is 1.67. The Labute approximate surface area is 76.4 Å². The topological polar surface area (TPSA) is 12.4 Å². The fraction of sp³-hybridized carbons (Fsp3) is 0.300. The zero-order valence-electron chi connectivity index (χ0n) is 7.75. The smallest absolute Gasteiger partial charge is 0.0796 e. The minimum absolute atomic E-state index is 0.142. The van der Waals surface area contributed by atoms with Gasteiger partial charge >= 0.3 is 0 Å². The van der Waals surface area contributed by atoms with Crippen LogP contribution in [0.25, 0.3) is 0 Å². The molecule has 12 heavy (non-hydrogen) atoms. The molecular formula is C10H15NSi. The Morgan fingerprint density at radius 2 is 1.92 bits per heavy atom. The van der Waals surface area contributed by atoms with Crippen LogP contribution in [-0.2, 0) is 0 Å². The predicted octanol–water partition coefficient (Wildman–Crippen LogP) is 0.919. The first-order chi connectivity index (χ1) is 5.79. The average Bonchev–Trinajstić information content (AvgIpc) is 2.05. The zero-order valence-corrected chi connectivity index (χ0v) is 9.16. The van der Waals surface area contributed by atoms with E-state index in [2.05, 4.69) is 49.2 Å². The van der Waals surface area contributed by atoms with E-state index in [0.29, 0.717) is 0 Å². The van der Waals surface area contributed by atoms with E-state index in [1.54, 1.807) is 0 Å². The van der Waals surface area contributed by atoms with Crippen LogP contribution in [0.3, 0.4) is 0 Å². The number of benzene rings is 1. The van der Waals surface area contributed by atoms with Crippen LogP contribution in [0, 0.1) is 0 Å². The molecule has 1 rings (SSSR count). The lowest BCUT2D eigenvalue weighted by Crippen LogP contribution is -2.16. The molecule has 0 aliphatic rings. The van der Waals surface area contributed by atoms with Crippen molar-refractivity contribution in [3.05, 3.63) is 30.3 Å². The highest BCUT2D eigenvalue weighted by atomic mass is 28.2. The van der Waals surface area contributed by atoms with Gasteiger partial charge in [-0.05, 0) is 13.8 Å². The molecule has 0 aliphatic carbocycles. The van der Waals surface area contributed by atoms with Gasteiger partial charge in [0.15, 0.2) is 0 Å². The summed E-state index contributed by atoms with van der Waals surface area (Å²) in [6.45, 7) is 4.11. The van der Waals surface area contributed by atoms with Gasteiger partial charge in [0.05, 0.1) is 9.52 Å². The van der Waals surface area contributed by atoms with E-state index in [4.69, 9.17) is 0 Å². The van der Waals surface area contributed by atoms with E-state index in [0.717, 1.165) is 6.17 Å². The van der Waals surface area contributed by atoms with Gasteiger partial charge in [0.1, 0.15) is 0 Å². The van der Waals surface area contributed by atoms with Crippen LogP contribution in [0.4, 0.5) is 0 Å². The second-order valence-electron chi connectivity index (χ2n) is 3.06. The fourth-order valence-electron chi connectivity index (χ4n) is 1.05. The first-order valence-corrected chi connectivity index (χ1v) is 6.01. The van der Waals surface area contributed by atoms with Gasteiger partial charge in [-0.15, -0.1) is 0 Å². The molecule has 0 amide bonds. The molecule has 1 nitrogen and oxygen atoms in total. The average molecular weight is 177 g/mol. The molecule has 0 aliphatic heterocycles. The third kappa shape index (κ3) is 3.48. The number of hydrogen-bond acceptors (Lipinski definition) is 1. The van der Waals surface area contributed by atoms with E-state index in [1.165, 1.54) is 10.9 Å². The van der Waals surface area contributed by atoms with E-state index >= 15 is 0 Å². The summed E-state index contributed by atoms with van der Waals surface area (Å²) < 4.78 is 0. The normalized spacial score (nSPS) is 10.5. The Morgan fingerprint density at radius 1 is 1.25 bits per heavy atom. The predicted molar refractivity (Wildman–Crippen MR) is 58.3 cm³/mol. The second-order valence-corrected chi connectivity index (χ2v) is 4.83. The molecule has 2 heteroatoms. The van der Waals surface area contributed by atoms with Gasteiger partial charge in [-0.1, -0.05) is 35.5 Å². The monoisotopic (exact) mass is 177 g/mol. The second kappa shape index (κ2) is 4.88. The summed E-state index contributed by atoms with van der Waals surface area (Å²) in [5, 5.41) is 1.50. The highest BCUT2D eigenvalue weighted by Crippen LogP contribution is 1.82. The van der Waals surface area contributed by atoms with Crippen molar-refractivity contribution < 1.29 is 0 Å². The molecule has 0 radical (unpaired) electrons. The van der Waals surface area contributed by atoms with Gasteiger partial charge in [0.25, 0.3) is 0 Å². The zero-order chi connectivity index (χ0) is 8.81. The largest absolute Gasteiger partial charge is 0.298 e. The molecule has 0 bridgehead atoms. The lowest BCUT2D eigenvalue weighted by atomic mass is 10.4. The Bertz CT molecular complexity index is 250. The summed E-state index contributed by atoms with van der Waals surface area (Å²) in [6.07, 6.45) is 1.05. The van der Waals surface area contributed by atoms with Gasteiger partial charge in [-0.2, -0.15) is 0 Å². The van der Waals surface area contributed by atoms with E-state index in [1.807, 2.05) is 0 Å². The highest BCUT2D eigenvalue weighted by Gasteiger charge is 1.89. The van der Waals surface area contributed by atoms with Crippen molar-refractivity contribution in [3.63, 3.8) is 0 Å². The molecular weight excluding hydrogens is 162 g/mol. The minimum atomic E-state index is -0.142. The highest BCUT2D eigenvalue weighted by molar-refractivity contribution is 6.53. The quantitative estimate of drug-likeness (QED) is 0.481. The Hall–Kier alpha value is -0.893. The van der Waals surface area contributed by atoms with Crippen LogP contribution < -0.4 is 5.19 Å². The van der Waals surface area contributed by atoms with E-state index in [9.17, 15) is 0 Å². The van der Waals surface area contributed by atoms with Crippen molar-refractivity contribution >= 4 is 20.4 Å². The van der Waals surface area contributed by atoms with Crippen LogP contribution in [0.5, 0.6) is 0 Å². The molecule has 0 unspecified atom stereocenters. The van der Waals surface area contributed by atoms with Crippen molar-refractivity contribution in [2.45, 2.75) is 13.8 Å². The number of aliphatic imine (C=N–C) groups is 1. The standard InChI is InChI=1S/C10H15NSi/c1-9(2)11-8-12-10-6-4-3-5-7-10/h3-7H,8,12H2,1-2H3. The van der Waals surface area contributed by atoms with Crippen LogP contribution in [0.2, 0.25) is 0 Å². The van der Waals surface area contributed by atoms with Crippen molar-refractivity contribution in [1.82, 2.24) is 0 Å². The maximum Gasteiger partial charge on any atom is 0.0796 e. The van der Waals surface area contributed by atoms with Crippen molar-refractivity contribution in [1.29, 1.82) is 0 Å². The fourth-order valence-corrected chi connectivity index (χ4v) is 2.48. The molecule has 0 spiro atoms. The molecule has 0 N–H and O–H groups in total. The van der Waals surface area contributed by atoms with Crippen LogP contribution in [0.1, 0.15) is 13.8 Å². The lowest BCUT2D eigenvalue weighted by Gasteiger charge is -1.96. The van der Waals surface area contributed by atoms with Gasteiger partial charge < -0.3 is 0 Å². The molecule has 0 aromatic heterocycles. The summed E-state index contributed by atoms with van der Waals surface area (Å²) >= 11 is 0. The van der Waals surface area contributed by atoms with Gasteiger partial charge in [-0.3, -0.25) is 4.99 Å². The van der Waals surface area contributed by atoms with Gasteiger partial charge in [-0.25, -0.2) is 0 Å². The molecule has 64 valence electrons. The summed E-state index contributed by atoms with van der Waals surface area (Å²) in [5.41, 5.74) is 1.19. The first kappa shape index (κ1) is 9.20. The molecule has 0 heterocycles. The lowest BCUT2D eigenvalue weighted by molar-refractivity contribution is 1.32. The Morgan fingerprint density at radius 3 is 2.50 bits per heavy atom. The summed E-state index contributed by atoms with van der Waals surface area (Å²) in [6, 6.07) is 10.7.